The van der Waals surface area contributed by atoms with E-state index in [0.717, 1.165) is 16.7 Å². The summed E-state index contributed by atoms with van der Waals surface area (Å²) in [5.41, 5.74) is 5.95. The number of hydrogen-bond donors (Lipinski definition) is 3. The summed E-state index contributed by atoms with van der Waals surface area (Å²) in [6.07, 6.45) is -0.532. The van der Waals surface area contributed by atoms with E-state index in [-0.39, 0.29) is 37.8 Å². The number of ether oxygens (including phenoxy) is 1. The van der Waals surface area contributed by atoms with E-state index in [1.807, 2.05) is 24.3 Å². The fourth-order valence-corrected chi connectivity index (χ4v) is 4.02. The van der Waals surface area contributed by atoms with E-state index in [2.05, 4.69) is 34.9 Å². The zero-order valence-electron chi connectivity index (χ0n) is 17.9. The normalized spacial score (nSPS) is 11.9. The SMILES string of the molecule is O=C(O)CCNC(=O)Cc1ccc(NC(=O)OCC2c3ccccc3-c3ccccc32)cc1. The monoisotopic (exact) mass is 444 g/mol. The maximum atomic E-state index is 12.4. The topological polar surface area (TPSA) is 105 Å². The molecule has 0 atom stereocenters. The lowest BCUT2D eigenvalue weighted by atomic mass is 9.98. The van der Waals surface area contributed by atoms with Crippen LogP contribution in [0, 0.1) is 0 Å². The summed E-state index contributed by atoms with van der Waals surface area (Å²) in [6, 6.07) is 23.2. The summed E-state index contributed by atoms with van der Waals surface area (Å²) >= 11 is 0. The van der Waals surface area contributed by atoms with Crippen molar-refractivity contribution in [1.29, 1.82) is 0 Å². The molecule has 3 aromatic carbocycles. The summed E-state index contributed by atoms with van der Waals surface area (Å²) < 4.78 is 5.54. The molecule has 0 bridgehead atoms. The molecule has 0 heterocycles. The number of carbonyl (C=O) groups excluding carboxylic acids is 2. The highest BCUT2D eigenvalue weighted by molar-refractivity contribution is 5.85. The van der Waals surface area contributed by atoms with Gasteiger partial charge >= 0.3 is 12.1 Å². The van der Waals surface area contributed by atoms with Crippen LogP contribution in [0.5, 0.6) is 0 Å². The molecule has 7 nitrogen and oxygen atoms in total. The quantitative estimate of drug-likeness (QED) is 0.483. The van der Waals surface area contributed by atoms with Crippen LogP contribution in [0.15, 0.2) is 72.8 Å². The second kappa shape index (κ2) is 9.99. The van der Waals surface area contributed by atoms with Gasteiger partial charge in [0.25, 0.3) is 0 Å². The third kappa shape index (κ3) is 5.38. The van der Waals surface area contributed by atoms with Crippen LogP contribution in [0.3, 0.4) is 0 Å². The molecule has 0 aromatic heterocycles. The minimum Gasteiger partial charge on any atom is -0.481 e. The highest BCUT2D eigenvalue weighted by Gasteiger charge is 2.28. The molecule has 0 unspecified atom stereocenters. The van der Waals surface area contributed by atoms with E-state index in [4.69, 9.17) is 9.84 Å². The van der Waals surface area contributed by atoms with Crippen molar-refractivity contribution in [3.8, 4) is 11.1 Å². The molecule has 1 aliphatic carbocycles. The molecule has 4 rings (SSSR count). The Morgan fingerprint density at radius 1 is 0.848 bits per heavy atom. The van der Waals surface area contributed by atoms with E-state index < -0.39 is 12.1 Å². The number of carbonyl (C=O) groups is 3. The fourth-order valence-electron chi connectivity index (χ4n) is 4.02. The molecule has 3 N–H and O–H groups in total. The van der Waals surface area contributed by atoms with Gasteiger partial charge < -0.3 is 15.2 Å². The van der Waals surface area contributed by atoms with Gasteiger partial charge in [0.05, 0.1) is 12.8 Å². The molecule has 1 aliphatic rings. The minimum absolute atomic E-state index is 0.00911. The number of fused-ring (bicyclic) bond motifs is 3. The predicted octanol–water partition coefficient (Wildman–Crippen LogP) is 4.18. The Morgan fingerprint density at radius 2 is 1.45 bits per heavy atom. The van der Waals surface area contributed by atoms with Crippen LogP contribution in [-0.2, 0) is 20.7 Å². The molecule has 0 radical (unpaired) electrons. The van der Waals surface area contributed by atoms with E-state index >= 15 is 0 Å². The Bertz CT molecular complexity index is 1130. The van der Waals surface area contributed by atoms with Gasteiger partial charge in [0.1, 0.15) is 6.61 Å². The molecule has 2 amide bonds. The van der Waals surface area contributed by atoms with Gasteiger partial charge in [-0.2, -0.15) is 0 Å². The summed E-state index contributed by atoms with van der Waals surface area (Å²) in [6.45, 7) is 0.323. The number of hydrogen-bond acceptors (Lipinski definition) is 4. The van der Waals surface area contributed by atoms with Gasteiger partial charge in [-0.25, -0.2) is 4.79 Å². The van der Waals surface area contributed by atoms with Gasteiger partial charge in [0.2, 0.25) is 5.91 Å². The number of benzene rings is 3. The van der Waals surface area contributed by atoms with E-state index in [9.17, 15) is 14.4 Å². The summed E-state index contributed by atoms with van der Waals surface area (Å²) in [5.74, 6) is -1.22. The van der Waals surface area contributed by atoms with Crippen LogP contribution in [0.4, 0.5) is 10.5 Å². The van der Waals surface area contributed by atoms with Crippen molar-refractivity contribution in [2.24, 2.45) is 0 Å². The third-order valence-corrected chi connectivity index (χ3v) is 5.57. The first kappa shape index (κ1) is 22.1. The molecule has 7 heteroatoms. The lowest BCUT2D eigenvalue weighted by Crippen LogP contribution is -2.27. The average molecular weight is 444 g/mol. The predicted molar refractivity (Wildman–Crippen MR) is 124 cm³/mol. The maximum absolute atomic E-state index is 12.4. The Balaban J connectivity index is 1.30. The fraction of sp³-hybridized carbons (Fsp3) is 0.192. The first-order valence-corrected chi connectivity index (χ1v) is 10.7. The molecule has 168 valence electrons. The number of rotatable bonds is 8. The first-order valence-electron chi connectivity index (χ1n) is 10.7. The van der Waals surface area contributed by atoms with E-state index in [0.29, 0.717) is 5.69 Å². The molecule has 0 fully saturated rings. The van der Waals surface area contributed by atoms with Crippen molar-refractivity contribution in [2.45, 2.75) is 18.8 Å². The molecule has 0 saturated heterocycles. The molecular weight excluding hydrogens is 420 g/mol. The summed E-state index contributed by atoms with van der Waals surface area (Å²) in [5, 5.41) is 13.9. The van der Waals surface area contributed by atoms with Gasteiger partial charge in [-0.15, -0.1) is 0 Å². The number of carboxylic acid groups (broad SMARTS) is 1. The Hall–Kier alpha value is -4.13. The van der Waals surface area contributed by atoms with Crippen molar-refractivity contribution in [2.75, 3.05) is 18.5 Å². The van der Waals surface area contributed by atoms with Gasteiger partial charge in [0.15, 0.2) is 0 Å². The van der Waals surface area contributed by atoms with Crippen molar-refractivity contribution in [3.05, 3.63) is 89.5 Å². The summed E-state index contributed by atoms with van der Waals surface area (Å²) in [7, 11) is 0. The largest absolute Gasteiger partial charge is 0.481 e. The lowest BCUT2D eigenvalue weighted by molar-refractivity contribution is -0.136. The minimum atomic E-state index is -0.959. The number of nitrogens with one attached hydrogen (secondary N) is 2. The van der Waals surface area contributed by atoms with Crippen LogP contribution in [0.1, 0.15) is 29.0 Å². The maximum Gasteiger partial charge on any atom is 0.411 e. The van der Waals surface area contributed by atoms with Gasteiger partial charge in [-0.3, -0.25) is 14.9 Å². The van der Waals surface area contributed by atoms with Crippen molar-refractivity contribution in [3.63, 3.8) is 0 Å². The summed E-state index contributed by atoms with van der Waals surface area (Å²) in [4.78, 5) is 34.7. The van der Waals surface area contributed by atoms with Gasteiger partial charge in [-0.05, 0) is 39.9 Å². The number of carboxylic acids is 1. The number of aliphatic carboxylic acids is 1. The zero-order valence-corrected chi connectivity index (χ0v) is 17.9. The van der Waals surface area contributed by atoms with Gasteiger partial charge in [0, 0.05) is 18.2 Å². The first-order chi connectivity index (χ1) is 16.0. The van der Waals surface area contributed by atoms with Crippen LogP contribution in [-0.4, -0.2) is 36.2 Å². The second-order valence-corrected chi connectivity index (χ2v) is 7.82. The average Bonchev–Trinajstić information content (AvgIpc) is 3.12. The van der Waals surface area contributed by atoms with Crippen LogP contribution >= 0.6 is 0 Å². The van der Waals surface area contributed by atoms with Crippen molar-refractivity contribution < 1.29 is 24.2 Å². The smallest absolute Gasteiger partial charge is 0.411 e. The molecule has 33 heavy (non-hydrogen) atoms. The Kier molecular flexibility index (Phi) is 6.69. The number of anilines is 1. The van der Waals surface area contributed by atoms with Crippen LogP contribution in [0.2, 0.25) is 0 Å². The van der Waals surface area contributed by atoms with Crippen molar-refractivity contribution >= 4 is 23.7 Å². The highest BCUT2D eigenvalue weighted by Crippen LogP contribution is 2.44. The Labute approximate surface area is 191 Å². The zero-order chi connectivity index (χ0) is 23.2. The molecule has 3 aromatic rings. The third-order valence-electron chi connectivity index (χ3n) is 5.57. The highest BCUT2D eigenvalue weighted by atomic mass is 16.5. The Morgan fingerprint density at radius 3 is 2.06 bits per heavy atom. The van der Waals surface area contributed by atoms with Crippen LogP contribution in [0.25, 0.3) is 11.1 Å². The lowest BCUT2D eigenvalue weighted by Gasteiger charge is -2.14. The molecule has 0 spiro atoms. The van der Waals surface area contributed by atoms with E-state index in [1.54, 1.807) is 24.3 Å². The van der Waals surface area contributed by atoms with E-state index in [1.165, 1.54) is 11.1 Å². The number of amides is 2. The second-order valence-electron chi connectivity index (χ2n) is 7.82. The molecule has 0 aliphatic heterocycles. The van der Waals surface area contributed by atoms with Crippen molar-refractivity contribution in [1.82, 2.24) is 5.32 Å². The molecular formula is C26H24N2O5. The van der Waals surface area contributed by atoms with Gasteiger partial charge in [-0.1, -0.05) is 60.7 Å². The molecule has 0 saturated carbocycles. The standard InChI is InChI=1S/C26H24N2O5/c29-24(27-14-13-25(30)31)15-17-9-11-18(12-10-17)28-26(32)33-16-23-21-7-3-1-5-19(21)20-6-2-4-8-22(20)23/h1-12,23H,13-16H2,(H,27,29)(H,28,32)(H,30,31). The van der Waals surface area contributed by atoms with Crippen LogP contribution < -0.4 is 10.6 Å².